The summed E-state index contributed by atoms with van der Waals surface area (Å²) >= 11 is 0. The van der Waals surface area contributed by atoms with Gasteiger partial charge in [0.15, 0.2) is 0 Å². The van der Waals surface area contributed by atoms with Crippen LogP contribution in [0.5, 0.6) is 0 Å². The molecule has 0 saturated carbocycles. The van der Waals surface area contributed by atoms with Crippen molar-refractivity contribution in [3.05, 3.63) is 35.4 Å². The Morgan fingerprint density at radius 3 is 2.00 bits per heavy atom. The molecule has 0 atom stereocenters. The first-order valence-electron chi connectivity index (χ1n) is 6.14. The molecule has 84 valence electrons. The largest absolute Gasteiger partial charge is 0.330 e. The molecule has 0 aliphatic rings. The topological polar surface area (TPSA) is 26.0 Å². The molecular formula is C14H23N. The smallest absolute Gasteiger partial charge is 0.00367 e. The van der Waals surface area contributed by atoms with E-state index in [0.29, 0.717) is 0 Å². The van der Waals surface area contributed by atoms with E-state index in [1.54, 1.807) is 0 Å². The summed E-state index contributed by atoms with van der Waals surface area (Å²) in [6.45, 7) is 3.00. The molecular weight excluding hydrogens is 182 g/mol. The molecule has 0 amide bonds. The maximum Gasteiger partial charge on any atom is -0.00367 e. The number of hydrogen-bond donors (Lipinski definition) is 1. The van der Waals surface area contributed by atoms with Crippen LogP contribution in [-0.4, -0.2) is 6.54 Å². The molecule has 1 aromatic rings. The lowest BCUT2D eigenvalue weighted by atomic mass is 10.0. The number of nitrogens with two attached hydrogens (primary N) is 1. The monoisotopic (exact) mass is 205 g/mol. The van der Waals surface area contributed by atoms with Crippen molar-refractivity contribution >= 4 is 0 Å². The molecule has 2 N–H and O–H groups in total. The second kappa shape index (κ2) is 7.47. The van der Waals surface area contributed by atoms with E-state index in [-0.39, 0.29) is 0 Å². The number of rotatable bonds is 7. The Bertz CT molecular complexity index is 251. The van der Waals surface area contributed by atoms with Crippen LogP contribution in [0.2, 0.25) is 0 Å². The maximum absolute atomic E-state index is 5.51. The summed E-state index contributed by atoms with van der Waals surface area (Å²) in [5.74, 6) is 0. The van der Waals surface area contributed by atoms with E-state index in [9.17, 15) is 0 Å². The molecule has 1 rings (SSSR count). The molecule has 0 unspecified atom stereocenters. The van der Waals surface area contributed by atoms with Gasteiger partial charge in [-0.05, 0) is 36.9 Å². The molecule has 0 heterocycles. The quantitative estimate of drug-likeness (QED) is 0.679. The van der Waals surface area contributed by atoms with E-state index < -0.39 is 0 Å². The van der Waals surface area contributed by atoms with Crippen LogP contribution < -0.4 is 5.73 Å². The van der Waals surface area contributed by atoms with E-state index in [4.69, 9.17) is 5.73 Å². The molecule has 1 aromatic carbocycles. The summed E-state index contributed by atoms with van der Waals surface area (Å²) < 4.78 is 0. The predicted octanol–water partition coefficient (Wildman–Crippen LogP) is 3.31. The molecule has 1 nitrogen and oxygen atoms in total. The fourth-order valence-corrected chi connectivity index (χ4v) is 1.80. The van der Waals surface area contributed by atoms with Crippen LogP contribution >= 0.6 is 0 Å². The highest BCUT2D eigenvalue weighted by Crippen LogP contribution is 2.09. The van der Waals surface area contributed by atoms with Crippen molar-refractivity contribution in [2.75, 3.05) is 6.54 Å². The Labute approximate surface area is 93.7 Å². The molecule has 0 aromatic heterocycles. The molecule has 0 saturated heterocycles. The van der Waals surface area contributed by atoms with Gasteiger partial charge in [-0.25, -0.2) is 0 Å². The van der Waals surface area contributed by atoms with Crippen molar-refractivity contribution in [1.82, 2.24) is 0 Å². The molecule has 0 radical (unpaired) electrons. The highest BCUT2D eigenvalue weighted by Gasteiger charge is 1.94. The minimum atomic E-state index is 0.746. The van der Waals surface area contributed by atoms with Gasteiger partial charge in [-0.3, -0.25) is 0 Å². The number of hydrogen-bond acceptors (Lipinski definition) is 1. The van der Waals surface area contributed by atoms with E-state index in [0.717, 1.165) is 13.0 Å². The van der Waals surface area contributed by atoms with Crippen LogP contribution in [0.4, 0.5) is 0 Å². The first kappa shape index (κ1) is 12.3. The Hall–Kier alpha value is -0.820. The fourth-order valence-electron chi connectivity index (χ4n) is 1.80. The van der Waals surface area contributed by atoms with Gasteiger partial charge in [0.05, 0.1) is 0 Å². The average Bonchev–Trinajstić information content (AvgIpc) is 2.27. The van der Waals surface area contributed by atoms with Gasteiger partial charge < -0.3 is 5.73 Å². The van der Waals surface area contributed by atoms with Gasteiger partial charge in [-0.1, -0.05) is 50.5 Å². The zero-order valence-corrected chi connectivity index (χ0v) is 9.84. The van der Waals surface area contributed by atoms with Crippen molar-refractivity contribution in [2.45, 2.75) is 45.4 Å². The van der Waals surface area contributed by atoms with Crippen LogP contribution in [0.25, 0.3) is 0 Å². The van der Waals surface area contributed by atoms with Gasteiger partial charge in [-0.2, -0.15) is 0 Å². The summed E-state index contributed by atoms with van der Waals surface area (Å²) in [7, 11) is 0. The zero-order valence-electron chi connectivity index (χ0n) is 9.84. The maximum atomic E-state index is 5.51. The third-order valence-electron chi connectivity index (χ3n) is 2.77. The van der Waals surface area contributed by atoms with Gasteiger partial charge >= 0.3 is 0 Å². The molecule has 0 spiro atoms. The van der Waals surface area contributed by atoms with Gasteiger partial charge in [0.2, 0.25) is 0 Å². The molecule has 0 fully saturated rings. The normalized spacial score (nSPS) is 10.5. The van der Waals surface area contributed by atoms with E-state index in [2.05, 4.69) is 31.2 Å². The van der Waals surface area contributed by atoms with Crippen molar-refractivity contribution in [1.29, 1.82) is 0 Å². The second-order valence-electron chi connectivity index (χ2n) is 4.17. The van der Waals surface area contributed by atoms with Gasteiger partial charge in [0.1, 0.15) is 0 Å². The van der Waals surface area contributed by atoms with Crippen molar-refractivity contribution < 1.29 is 0 Å². The molecule has 15 heavy (non-hydrogen) atoms. The van der Waals surface area contributed by atoms with Gasteiger partial charge in [0, 0.05) is 0 Å². The first-order valence-corrected chi connectivity index (χ1v) is 6.14. The predicted molar refractivity (Wildman–Crippen MR) is 67.0 cm³/mol. The number of benzene rings is 1. The minimum Gasteiger partial charge on any atom is -0.330 e. The van der Waals surface area contributed by atoms with Crippen LogP contribution in [0.1, 0.15) is 43.7 Å². The Balaban J connectivity index is 2.29. The van der Waals surface area contributed by atoms with Crippen molar-refractivity contribution in [3.8, 4) is 0 Å². The summed E-state index contributed by atoms with van der Waals surface area (Å²) in [4.78, 5) is 0. The summed E-state index contributed by atoms with van der Waals surface area (Å²) in [6.07, 6.45) is 7.59. The lowest BCUT2D eigenvalue weighted by Crippen LogP contribution is -2.02. The molecule has 0 aliphatic carbocycles. The average molecular weight is 205 g/mol. The highest BCUT2D eigenvalue weighted by molar-refractivity contribution is 5.22. The SMILES string of the molecule is CCCCCCc1ccc(CCN)cc1. The molecule has 0 bridgehead atoms. The zero-order chi connectivity index (χ0) is 10.9. The lowest BCUT2D eigenvalue weighted by molar-refractivity contribution is 0.667. The number of unbranched alkanes of at least 4 members (excludes halogenated alkanes) is 3. The third kappa shape index (κ3) is 4.98. The molecule has 1 heteroatoms. The van der Waals surface area contributed by atoms with Crippen LogP contribution in [0.3, 0.4) is 0 Å². The Morgan fingerprint density at radius 1 is 0.867 bits per heavy atom. The van der Waals surface area contributed by atoms with Gasteiger partial charge in [-0.15, -0.1) is 0 Å². The first-order chi connectivity index (χ1) is 7.36. The lowest BCUT2D eigenvalue weighted by Gasteiger charge is -2.03. The van der Waals surface area contributed by atoms with Crippen LogP contribution in [-0.2, 0) is 12.8 Å². The summed E-state index contributed by atoms with van der Waals surface area (Å²) in [6, 6.07) is 8.91. The Morgan fingerprint density at radius 2 is 1.47 bits per heavy atom. The van der Waals surface area contributed by atoms with Gasteiger partial charge in [0.25, 0.3) is 0 Å². The summed E-state index contributed by atoms with van der Waals surface area (Å²) in [5.41, 5.74) is 8.33. The Kier molecular flexibility index (Phi) is 6.10. The molecule has 0 aliphatic heterocycles. The fraction of sp³-hybridized carbons (Fsp3) is 0.571. The van der Waals surface area contributed by atoms with Crippen molar-refractivity contribution in [2.24, 2.45) is 5.73 Å². The highest BCUT2D eigenvalue weighted by atomic mass is 14.5. The number of aryl methyl sites for hydroxylation is 1. The van der Waals surface area contributed by atoms with Crippen LogP contribution in [0, 0.1) is 0 Å². The van der Waals surface area contributed by atoms with Crippen LogP contribution in [0.15, 0.2) is 24.3 Å². The standard InChI is InChI=1S/C14H23N/c1-2-3-4-5-6-13-7-9-14(10-8-13)11-12-15/h7-10H,2-6,11-12,15H2,1H3. The van der Waals surface area contributed by atoms with E-state index in [1.807, 2.05) is 0 Å². The summed E-state index contributed by atoms with van der Waals surface area (Å²) in [5, 5.41) is 0. The van der Waals surface area contributed by atoms with E-state index in [1.165, 1.54) is 43.2 Å². The third-order valence-corrected chi connectivity index (χ3v) is 2.77. The van der Waals surface area contributed by atoms with E-state index >= 15 is 0 Å². The minimum absolute atomic E-state index is 0.746. The second-order valence-corrected chi connectivity index (χ2v) is 4.17. The van der Waals surface area contributed by atoms with Crippen molar-refractivity contribution in [3.63, 3.8) is 0 Å².